The van der Waals surface area contributed by atoms with Gasteiger partial charge in [-0.2, -0.15) is 0 Å². The number of fused-ring (bicyclic) bond motifs is 1. The zero-order valence-electron chi connectivity index (χ0n) is 13.4. The van der Waals surface area contributed by atoms with Crippen LogP contribution in [0.4, 0.5) is 10.1 Å². The fourth-order valence-electron chi connectivity index (χ4n) is 2.86. The predicted octanol–water partition coefficient (Wildman–Crippen LogP) is 3.98. The molecule has 0 saturated carbocycles. The third kappa shape index (κ3) is 3.30. The largest absolute Gasteiger partial charge is 0.325 e. The lowest BCUT2D eigenvalue weighted by Crippen LogP contribution is -2.15. The number of halogens is 1. The van der Waals surface area contributed by atoms with Gasteiger partial charge in [-0.3, -0.25) is 4.79 Å². The number of carbonyl (C=O) groups excluding carboxylic acids is 1. The van der Waals surface area contributed by atoms with E-state index >= 15 is 0 Å². The highest BCUT2D eigenvalue weighted by Crippen LogP contribution is 2.32. The molecule has 0 atom stereocenters. The van der Waals surface area contributed by atoms with Crippen LogP contribution >= 0.6 is 11.8 Å². The van der Waals surface area contributed by atoms with Crippen molar-refractivity contribution in [3.8, 4) is 11.3 Å². The molecule has 4 nitrogen and oxygen atoms in total. The van der Waals surface area contributed by atoms with Crippen molar-refractivity contribution in [3.63, 3.8) is 0 Å². The average molecular weight is 353 g/mol. The predicted molar refractivity (Wildman–Crippen MR) is 97.1 cm³/mol. The van der Waals surface area contributed by atoms with Crippen LogP contribution in [0.25, 0.3) is 11.3 Å². The van der Waals surface area contributed by atoms with Gasteiger partial charge in [0.2, 0.25) is 5.91 Å². The van der Waals surface area contributed by atoms with Gasteiger partial charge in [0.1, 0.15) is 5.82 Å². The first kappa shape index (κ1) is 15.9. The van der Waals surface area contributed by atoms with Gasteiger partial charge in [-0.1, -0.05) is 48.2 Å². The number of nitrogens with one attached hydrogen (secondary N) is 1. The van der Waals surface area contributed by atoms with E-state index in [1.165, 1.54) is 6.07 Å². The quantitative estimate of drug-likeness (QED) is 0.772. The van der Waals surface area contributed by atoms with Crippen LogP contribution in [-0.4, -0.2) is 21.2 Å². The van der Waals surface area contributed by atoms with Crippen molar-refractivity contribution in [2.24, 2.45) is 0 Å². The summed E-state index contributed by atoms with van der Waals surface area (Å²) in [5, 5.41) is 3.89. The monoisotopic (exact) mass is 353 g/mol. The molecule has 2 heterocycles. The van der Waals surface area contributed by atoms with Gasteiger partial charge < -0.3 is 9.88 Å². The van der Waals surface area contributed by atoms with Gasteiger partial charge in [-0.15, -0.1) is 0 Å². The number of imidazole rings is 1. The van der Waals surface area contributed by atoms with Gasteiger partial charge in [0, 0.05) is 24.1 Å². The first-order valence-corrected chi connectivity index (χ1v) is 9.02. The van der Waals surface area contributed by atoms with E-state index < -0.39 is 0 Å². The lowest BCUT2D eigenvalue weighted by Gasteiger charge is -2.10. The summed E-state index contributed by atoms with van der Waals surface area (Å²) in [5.41, 5.74) is 2.77. The average Bonchev–Trinajstić information content (AvgIpc) is 3.19. The van der Waals surface area contributed by atoms with Crippen LogP contribution in [0.5, 0.6) is 0 Å². The maximum atomic E-state index is 13.7. The highest BCUT2D eigenvalue weighted by Gasteiger charge is 2.17. The van der Waals surface area contributed by atoms with Crippen molar-refractivity contribution in [2.45, 2.75) is 18.1 Å². The van der Waals surface area contributed by atoms with Crippen molar-refractivity contribution in [3.05, 3.63) is 66.1 Å². The maximum absolute atomic E-state index is 13.7. The molecule has 3 aromatic rings. The Bertz CT molecular complexity index is 916. The van der Waals surface area contributed by atoms with Gasteiger partial charge in [-0.25, -0.2) is 9.37 Å². The zero-order valence-corrected chi connectivity index (χ0v) is 14.2. The fraction of sp³-hybridized carbons (Fsp3) is 0.158. The van der Waals surface area contributed by atoms with E-state index in [9.17, 15) is 9.18 Å². The molecule has 4 rings (SSSR count). The van der Waals surface area contributed by atoms with Gasteiger partial charge >= 0.3 is 0 Å². The molecule has 0 saturated heterocycles. The minimum Gasteiger partial charge on any atom is -0.325 e. The highest BCUT2D eigenvalue weighted by atomic mass is 32.2. The van der Waals surface area contributed by atoms with Gasteiger partial charge in [0.15, 0.2) is 5.16 Å². The SMILES string of the molecule is O=C(Cc1ccccc1F)Nc1ccccc1-c1cn2c(n1)SCC2. The summed E-state index contributed by atoms with van der Waals surface area (Å²) in [4.78, 5) is 17.0. The number of anilines is 1. The van der Waals surface area contributed by atoms with Gasteiger partial charge in [0.25, 0.3) is 0 Å². The number of hydrogen-bond donors (Lipinski definition) is 1. The van der Waals surface area contributed by atoms with E-state index in [2.05, 4.69) is 14.9 Å². The van der Waals surface area contributed by atoms with Gasteiger partial charge in [0.05, 0.1) is 17.8 Å². The number of para-hydroxylation sites is 1. The molecule has 25 heavy (non-hydrogen) atoms. The van der Waals surface area contributed by atoms with Crippen LogP contribution in [0, 0.1) is 5.82 Å². The highest BCUT2D eigenvalue weighted by molar-refractivity contribution is 7.99. The van der Waals surface area contributed by atoms with Crippen molar-refractivity contribution >= 4 is 23.4 Å². The Labute approximate surface area is 149 Å². The molecular weight excluding hydrogens is 337 g/mol. The molecule has 1 N–H and O–H groups in total. The molecule has 6 heteroatoms. The van der Waals surface area contributed by atoms with Crippen molar-refractivity contribution < 1.29 is 9.18 Å². The number of rotatable bonds is 4. The molecule has 0 radical (unpaired) electrons. The lowest BCUT2D eigenvalue weighted by molar-refractivity contribution is -0.115. The van der Waals surface area contributed by atoms with Crippen LogP contribution < -0.4 is 5.32 Å². The zero-order chi connectivity index (χ0) is 17.2. The first-order chi connectivity index (χ1) is 12.2. The van der Waals surface area contributed by atoms with E-state index in [0.717, 1.165) is 28.7 Å². The molecule has 0 fully saturated rings. The third-order valence-electron chi connectivity index (χ3n) is 4.09. The minimum absolute atomic E-state index is 0.00342. The van der Waals surface area contributed by atoms with E-state index in [-0.39, 0.29) is 18.1 Å². The summed E-state index contributed by atoms with van der Waals surface area (Å²) in [6, 6.07) is 13.9. The summed E-state index contributed by atoms with van der Waals surface area (Å²) < 4.78 is 15.9. The minimum atomic E-state index is -0.367. The summed E-state index contributed by atoms with van der Waals surface area (Å²) >= 11 is 1.73. The Kier molecular flexibility index (Phi) is 4.28. The van der Waals surface area contributed by atoms with E-state index in [4.69, 9.17) is 0 Å². The number of aromatic nitrogens is 2. The number of amides is 1. The maximum Gasteiger partial charge on any atom is 0.228 e. The van der Waals surface area contributed by atoms with Crippen molar-refractivity contribution in [1.29, 1.82) is 0 Å². The molecule has 0 unspecified atom stereocenters. The van der Waals surface area contributed by atoms with Crippen LogP contribution in [0.1, 0.15) is 5.56 Å². The van der Waals surface area contributed by atoms with Crippen molar-refractivity contribution in [1.82, 2.24) is 9.55 Å². The Morgan fingerprint density at radius 2 is 2.00 bits per heavy atom. The lowest BCUT2D eigenvalue weighted by atomic mass is 10.1. The molecule has 1 aliphatic rings. The number of benzene rings is 2. The number of hydrogen-bond acceptors (Lipinski definition) is 3. The number of aryl methyl sites for hydroxylation is 1. The normalized spacial score (nSPS) is 12.8. The molecule has 0 spiro atoms. The Morgan fingerprint density at radius 3 is 2.84 bits per heavy atom. The molecule has 0 bridgehead atoms. The molecule has 2 aromatic carbocycles. The Hall–Kier alpha value is -2.60. The summed E-state index contributed by atoms with van der Waals surface area (Å²) in [7, 11) is 0. The van der Waals surface area contributed by atoms with Crippen LogP contribution in [0.2, 0.25) is 0 Å². The van der Waals surface area contributed by atoms with E-state index in [0.29, 0.717) is 11.3 Å². The number of carbonyl (C=O) groups is 1. The third-order valence-corrected chi connectivity index (χ3v) is 5.06. The van der Waals surface area contributed by atoms with E-state index in [1.54, 1.807) is 30.0 Å². The second-order valence-corrected chi connectivity index (χ2v) is 6.87. The molecule has 126 valence electrons. The smallest absolute Gasteiger partial charge is 0.228 e. The molecule has 1 aliphatic heterocycles. The second-order valence-electron chi connectivity index (χ2n) is 5.81. The van der Waals surface area contributed by atoms with Crippen LogP contribution in [0.3, 0.4) is 0 Å². The fourth-order valence-corrected chi connectivity index (χ4v) is 3.81. The Morgan fingerprint density at radius 1 is 1.20 bits per heavy atom. The summed E-state index contributed by atoms with van der Waals surface area (Å²) in [6.45, 7) is 0.953. The Balaban J connectivity index is 1.56. The summed E-state index contributed by atoms with van der Waals surface area (Å²) in [6.07, 6.45) is 2.01. The molecule has 1 aromatic heterocycles. The molecule has 0 aliphatic carbocycles. The number of thioether (sulfide) groups is 1. The van der Waals surface area contributed by atoms with E-state index in [1.807, 2.05) is 30.5 Å². The topological polar surface area (TPSA) is 46.9 Å². The van der Waals surface area contributed by atoms with Crippen molar-refractivity contribution in [2.75, 3.05) is 11.1 Å². The standard InChI is InChI=1S/C19H16FN3OS/c20-15-7-3-1-5-13(15)11-18(24)21-16-8-4-2-6-14(16)17-12-23-9-10-25-19(23)22-17/h1-8,12H,9-11H2,(H,21,24). The second kappa shape index (κ2) is 6.72. The van der Waals surface area contributed by atoms with Crippen LogP contribution in [0.15, 0.2) is 59.9 Å². The summed E-state index contributed by atoms with van der Waals surface area (Å²) in [5.74, 6) is 0.427. The number of nitrogens with zero attached hydrogens (tertiary/aromatic N) is 2. The van der Waals surface area contributed by atoms with Gasteiger partial charge in [-0.05, 0) is 17.7 Å². The molecule has 1 amide bonds. The first-order valence-electron chi connectivity index (χ1n) is 8.03. The van der Waals surface area contributed by atoms with Crippen LogP contribution in [-0.2, 0) is 17.8 Å². The molecular formula is C19H16FN3OS.